The second kappa shape index (κ2) is 9.57. The van der Waals surface area contributed by atoms with Crippen LogP contribution < -0.4 is 10.2 Å². The fourth-order valence-corrected chi connectivity index (χ4v) is 4.15. The van der Waals surface area contributed by atoms with Crippen LogP contribution in [-0.4, -0.2) is 54.1 Å². The molecule has 2 aliphatic rings. The van der Waals surface area contributed by atoms with Gasteiger partial charge in [0.2, 0.25) is 5.91 Å². The van der Waals surface area contributed by atoms with Crippen LogP contribution in [0, 0.1) is 11.3 Å². The molecule has 8 heteroatoms. The first kappa shape index (κ1) is 20.1. The van der Waals surface area contributed by atoms with Gasteiger partial charge in [0.15, 0.2) is 5.17 Å². The molecule has 2 heterocycles. The Balaban J connectivity index is 1.38. The topological polar surface area (TPSA) is 84.1 Å². The van der Waals surface area contributed by atoms with Crippen LogP contribution >= 0.6 is 11.8 Å². The van der Waals surface area contributed by atoms with Crippen molar-refractivity contribution in [2.75, 3.05) is 36.8 Å². The SMILES string of the molecule is N#Cc1cc(C=NN=C2NC(=O)CS2)ccc1N1CCN(Cc2ccccc2)CC1. The minimum atomic E-state index is -0.0612. The maximum Gasteiger partial charge on any atom is 0.236 e. The Kier molecular flexibility index (Phi) is 6.42. The fraction of sp³-hybridized carbons (Fsp3) is 0.273. The van der Waals surface area contributed by atoms with Crippen LogP contribution in [-0.2, 0) is 11.3 Å². The van der Waals surface area contributed by atoms with Crippen molar-refractivity contribution in [3.63, 3.8) is 0 Å². The van der Waals surface area contributed by atoms with Crippen LogP contribution in [0.5, 0.6) is 0 Å². The number of nitrogens with one attached hydrogen (secondary N) is 1. The lowest BCUT2D eigenvalue weighted by molar-refractivity contribution is -0.116. The summed E-state index contributed by atoms with van der Waals surface area (Å²) < 4.78 is 0. The first-order valence-corrected chi connectivity index (χ1v) is 10.8. The molecule has 0 aliphatic carbocycles. The molecule has 1 amide bonds. The molecule has 0 radical (unpaired) electrons. The number of piperazine rings is 1. The fourth-order valence-electron chi connectivity index (χ4n) is 3.51. The van der Waals surface area contributed by atoms with Crippen molar-refractivity contribution < 1.29 is 4.79 Å². The van der Waals surface area contributed by atoms with Crippen molar-refractivity contribution >= 4 is 34.7 Å². The molecule has 2 saturated heterocycles. The van der Waals surface area contributed by atoms with Crippen molar-refractivity contribution in [3.8, 4) is 6.07 Å². The van der Waals surface area contributed by atoms with E-state index in [1.54, 1.807) is 6.21 Å². The summed E-state index contributed by atoms with van der Waals surface area (Å²) in [7, 11) is 0. The zero-order valence-corrected chi connectivity index (χ0v) is 17.3. The molecular weight excluding hydrogens is 396 g/mol. The summed E-state index contributed by atoms with van der Waals surface area (Å²) >= 11 is 1.33. The van der Waals surface area contributed by atoms with Gasteiger partial charge in [-0.3, -0.25) is 9.69 Å². The van der Waals surface area contributed by atoms with Gasteiger partial charge in [-0.15, -0.1) is 5.10 Å². The van der Waals surface area contributed by atoms with Gasteiger partial charge in [0, 0.05) is 32.7 Å². The number of hydrogen-bond donors (Lipinski definition) is 1. The van der Waals surface area contributed by atoms with E-state index in [1.165, 1.54) is 17.3 Å². The Morgan fingerprint density at radius 1 is 1.13 bits per heavy atom. The van der Waals surface area contributed by atoms with Crippen molar-refractivity contribution in [2.45, 2.75) is 6.54 Å². The van der Waals surface area contributed by atoms with Crippen molar-refractivity contribution in [1.29, 1.82) is 5.26 Å². The van der Waals surface area contributed by atoms with E-state index >= 15 is 0 Å². The Bertz CT molecular complexity index is 1010. The molecule has 0 atom stereocenters. The molecule has 0 aromatic heterocycles. The highest BCUT2D eigenvalue weighted by Crippen LogP contribution is 2.23. The number of benzene rings is 2. The zero-order chi connectivity index (χ0) is 20.8. The molecule has 2 aliphatic heterocycles. The Hall–Kier alpha value is -3.15. The second-order valence-corrected chi connectivity index (χ2v) is 8.09. The first-order chi connectivity index (χ1) is 14.7. The number of nitrogens with zero attached hydrogens (tertiary/aromatic N) is 5. The third-order valence-corrected chi connectivity index (χ3v) is 5.91. The number of carbonyl (C=O) groups excluding carboxylic acids is 1. The molecule has 7 nitrogen and oxygen atoms in total. The van der Waals surface area contributed by atoms with E-state index in [0.717, 1.165) is 44.0 Å². The molecule has 30 heavy (non-hydrogen) atoms. The van der Waals surface area contributed by atoms with Gasteiger partial charge in [0.25, 0.3) is 0 Å². The molecule has 152 valence electrons. The highest BCUT2D eigenvalue weighted by Gasteiger charge is 2.19. The molecule has 2 fully saturated rings. The van der Waals surface area contributed by atoms with E-state index in [0.29, 0.717) is 16.5 Å². The number of carbonyl (C=O) groups is 1. The highest BCUT2D eigenvalue weighted by molar-refractivity contribution is 8.15. The summed E-state index contributed by atoms with van der Waals surface area (Å²) in [4.78, 5) is 15.9. The van der Waals surface area contributed by atoms with Gasteiger partial charge in [-0.2, -0.15) is 10.4 Å². The summed E-state index contributed by atoms with van der Waals surface area (Å²) in [6, 6.07) is 18.6. The number of hydrogen-bond acceptors (Lipinski definition) is 7. The summed E-state index contributed by atoms with van der Waals surface area (Å²) in [5, 5.41) is 20.8. The minimum Gasteiger partial charge on any atom is -0.368 e. The van der Waals surface area contributed by atoms with E-state index in [9.17, 15) is 10.1 Å². The van der Waals surface area contributed by atoms with Gasteiger partial charge in [-0.1, -0.05) is 48.2 Å². The molecule has 0 saturated carbocycles. The van der Waals surface area contributed by atoms with Crippen LogP contribution in [0.1, 0.15) is 16.7 Å². The monoisotopic (exact) mass is 418 g/mol. The predicted molar refractivity (Wildman–Crippen MR) is 121 cm³/mol. The molecule has 1 N–H and O–H groups in total. The molecule has 2 aromatic rings. The van der Waals surface area contributed by atoms with Gasteiger partial charge in [-0.25, -0.2) is 0 Å². The lowest BCUT2D eigenvalue weighted by Gasteiger charge is -2.36. The normalized spacial score (nSPS) is 18.7. The lowest BCUT2D eigenvalue weighted by Crippen LogP contribution is -2.46. The smallest absolute Gasteiger partial charge is 0.236 e. The van der Waals surface area contributed by atoms with Crippen LogP contribution in [0.4, 0.5) is 5.69 Å². The van der Waals surface area contributed by atoms with Gasteiger partial charge in [-0.05, 0) is 23.3 Å². The lowest BCUT2D eigenvalue weighted by atomic mass is 10.1. The largest absolute Gasteiger partial charge is 0.368 e. The molecule has 0 bridgehead atoms. The van der Waals surface area contributed by atoms with E-state index < -0.39 is 0 Å². The van der Waals surface area contributed by atoms with E-state index in [2.05, 4.69) is 55.7 Å². The number of amides is 1. The maximum atomic E-state index is 11.2. The Labute approximate surface area is 180 Å². The quantitative estimate of drug-likeness (QED) is 0.596. The summed E-state index contributed by atoms with van der Waals surface area (Å²) in [5.41, 5.74) is 3.72. The van der Waals surface area contributed by atoms with E-state index in [-0.39, 0.29) is 5.91 Å². The third-order valence-electron chi connectivity index (χ3n) is 5.04. The van der Waals surface area contributed by atoms with Gasteiger partial charge in [0.1, 0.15) is 6.07 Å². The summed E-state index contributed by atoms with van der Waals surface area (Å²) in [6.07, 6.45) is 1.60. The number of amidine groups is 1. The summed E-state index contributed by atoms with van der Waals surface area (Å²) in [5.74, 6) is 0.314. The number of rotatable bonds is 5. The zero-order valence-electron chi connectivity index (χ0n) is 16.5. The Morgan fingerprint density at radius 3 is 2.63 bits per heavy atom. The van der Waals surface area contributed by atoms with E-state index in [4.69, 9.17) is 0 Å². The average molecular weight is 419 g/mol. The maximum absolute atomic E-state index is 11.2. The predicted octanol–water partition coefficient (Wildman–Crippen LogP) is 2.43. The van der Waals surface area contributed by atoms with Crippen LogP contribution in [0.15, 0.2) is 58.7 Å². The van der Waals surface area contributed by atoms with Crippen LogP contribution in [0.3, 0.4) is 0 Å². The number of nitriles is 1. The van der Waals surface area contributed by atoms with Crippen LogP contribution in [0.25, 0.3) is 0 Å². The second-order valence-electron chi connectivity index (χ2n) is 7.12. The molecule has 0 unspecified atom stereocenters. The van der Waals surface area contributed by atoms with Gasteiger partial charge >= 0.3 is 0 Å². The molecule has 2 aromatic carbocycles. The average Bonchev–Trinajstić information content (AvgIpc) is 3.20. The summed E-state index contributed by atoms with van der Waals surface area (Å²) in [6.45, 7) is 4.66. The van der Waals surface area contributed by atoms with Crippen molar-refractivity contribution in [1.82, 2.24) is 10.2 Å². The van der Waals surface area contributed by atoms with Crippen molar-refractivity contribution in [2.24, 2.45) is 10.2 Å². The first-order valence-electron chi connectivity index (χ1n) is 9.80. The van der Waals surface area contributed by atoms with Gasteiger partial charge in [0.05, 0.1) is 23.2 Å². The Morgan fingerprint density at radius 2 is 1.93 bits per heavy atom. The van der Waals surface area contributed by atoms with Crippen LogP contribution in [0.2, 0.25) is 0 Å². The standard InChI is InChI=1S/C22H22N6OS/c23-13-19-12-18(14-24-26-22-25-21(29)16-30-22)6-7-20(19)28-10-8-27(9-11-28)15-17-4-2-1-3-5-17/h1-7,12,14H,8-11,15-16H2,(H,25,26,29). The van der Waals surface area contributed by atoms with Gasteiger partial charge < -0.3 is 10.2 Å². The minimum absolute atomic E-state index is 0.0612. The molecule has 4 rings (SSSR count). The highest BCUT2D eigenvalue weighted by atomic mass is 32.2. The van der Waals surface area contributed by atoms with E-state index in [1.807, 2.05) is 24.3 Å². The molecule has 0 spiro atoms. The molecular formula is C22H22N6OS. The number of anilines is 1. The van der Waals surface area contributed by atoms with Crippen molar-refractivity contribution in [3.05, 3.63) is 65.2 Å². The third kappa shape index (κ3) is 5.06. The number of thioether (sulfide) groups is 1.